The maximum Gasteiger partial charge on any atom is 0.170 e. The highest BCUT2D eigenvalue weighted by atomic mass is 15.5. The van der Waals surface area contributed by atoms with E-state index in [1.807, 2.05) is 0 Å². The van der Waals surface area contributed by atoms with Gasteiger partial charge in [0, 0.05) is 6.07 Å². The number of rotatable bonds is 1. The zero-order chi connectivity index (χ0) is 6.81. The fourth-order valence-corrected chi connectivity index (χ4v) is 0.700. The Morgan fingerprint density at radius 3 is 2.60 bits per heavy atom. The fourth-order valence-electron chi connectivity index (χ4n) is 0.700. The Balaban J connectivity index is 2.48. The largest absolute Gasteiger partial charge is 0.260 e. The van der Waals surface area contributed by atoms with Gasteiger partial charge in [-0.1, -0.05) is 0 Å². The van der Waals surface area contributed by atoms with Gasteiger partial charge in [0.15, 0.2) is 5.82 Å². The molecule has 5 heteroatoms. The molecule has 0 aliphatic heterocycles. The Morgan fingerprint density at radius 1 is 1.20 bits per heavy atom. The average Bonchev–Trinajstić information content (AvgIpc) is 2.59. The molecule has 10 heavy (non-hydrogen) atoms. The number of hydrogen-bond acceptors (Lipinski definition) is 3. The summed E-state index contributed by atoms with van der Waals surface area (Å²) in [5, 5.41) is 14.3. The Morgan fingerprint density at radius 2 is 2.00 bits per heavy atom. The molecule has 2 heterocycles. The lowest BCUT2D eigenvalue weighted by Gasteiger charge is -1.89. The molecule has 2 rings (SSSR count). The van der Waals surface area contributed by atoms with Crippen molar-refractivity contribution in [1.82, 2.24) is 25.2 Å². The van der Waals surface area contributed by atoms with E-state index in [2.05, 4.69) is 20.4 Å². The smallest absolute Gasteiger partial charge is 0.170 e. The van der Waals surface area contributed by atoms with Crippen molar-refractivity contribution < 1.29 is 0 Å². The third-order valence-corrected chi connectivity index (χ3v) is 1.12. The molecule has 0 aromatic carbocycles. The highest BCUT2D eigenvalue weighted by Crippen LogP contribution is 1.94. The van der Waals surface area contributed by atoms with Crippen LogP contribution in [0.1, 0.15) is 0 Å². The molecule has 0 bridgehead atoms. The van der Waals surface area contributed by atoms with Crippen LogP contribution >= 0.6 is 0 Å². The maximum atomic E-state index is 3.89. The zero-order valence-corrected chi connectivity index (χ0v) is 5.10. The summed E-state index contributed by atoms with van der Waals surface area (Å²) in [6, 6.07) is 1.79. The van der Waals surface area contributed by atoms with Gasteiger partial charge in [-0.25, -0.2) is 0 Å². The van der Waals surface area contributed by atoms with Gasteiger partial charge in [0.05, 0.1) is 18.6 Å². The van der Waals surface area contributed by atoms with Crippen LogP contribution < -0.4 is 0 Å². The molecule has 0 radical (unpaired) electrons. The minimum absolute atomic E-state index is 0.769. The topological polar surface area (TPSA) is 59.4 Å². The van der Waals surface area contributed by atoms with Gasteiger partial charge < -0.3 is 0 Å². The summed E-state index contributed by atoms with van der Waals surface area (Å²) in [6.45, 7) is 0. The first-order valence-corrected chi connectivity index (χ1v) is 2.83. The Bertz CT molecular complexity index is 249. The third-order valence-electron chi connectivity index (χ3n) is 1.12. The van der Waals surface area contributed by atoms with Crippen LogP contribution in [-0.4, -0.2) is 25.2 Å². The second kappa shape index (κ2) is 1.94. The first-order valence-electron chi connectivity index (χ1n) is 2.83. The van der Waals surface area contributed by atoms with E-state index in [4.69, 9.17) is 0 Å². The minimum atomic E-state index is 0.769. The van der Waals surface area contributed by atoms with Crippen LogP contribution in [0.15, 0.2) is 24.7 Å². The Hall–Kier alpha value is -1.65. The highest BCUT2D eigenvalue weighted by Gasteiger charge is 1.94. The Labute approximate surface area is 56.7 Å². The monoisotopic (exact) mass is 135 g/mol. The Kier molecular flexibility index (Phi) is 1.00. The van der Waals surface area contributed by atoms with Crippen molar-refractivity contribution in [2.75, 3.05) is 0 Å². The van der Waals surface area contributed by atoms with E-state index in [0.29, 0.717) is 0 Å². The standard InChI is InChI=1S/C5H5N5/c1-2-6-9-5(1)10-7-3-4-8-10/h1-4H,(H,6,9). The van der Waals surface area contributed by atoms with E-state index < -0.39 is 0 Å². The lowest BCUT2D eigenvalue weighted by atomic mass is 10.7. The van der Waals surface area contributed by atoms with Crippen LogP contribution in [0.5, 0.6) is 0 Å². The van der Waals surface area contributed by atoms with Gasteiger partial charge >= 0.3 is 0 Å². The van der Waals surface area contributed by atoms with Gasteiger partial charge in [0.1, 0.15) is 0 Å². The lowest BCUT2D eigenvalue weighted by Crippen LogP contribution is -1.97. The second-order valence-corrected chi connectivity index (χ2v) is 1.76. The quantitative estimate of drug-likeness (QED) is 0.598. The number of nitrogens with one attached hydrogen (secondary N) is 1. The van der Waals surface area contributed by atoms with Crippen LogP contribution in [-0.2, 0) is 0 Å². The van der Waals surface area contributed by atoms with Gasteiger partial charge in [-0.2, -0.15) is 15.3 Å². The minimum Gasteiger partial charge on any atom is -0.260 e. The van der Waals surface area contributed by atoms with E-state index in [0.717, 1.165) is 5.82 Å². The molecular weight excluding hydrogens is 130 g/mol. The summed E-state index contributed by atoms with van der Waals surface area (Å²) in [4.78, 5) is 1.47. The van der Waals surface area contributed by atoms with Crippen molar-refractivity contribution in [1.29, 1.82) is 0 Å². The number of nitrogens with zero attached hydrogens (tertiary/aromatic N) is 4. The van der Waals surface area contributed by atoms with Gasteiger partial charge in [0.2, 0.25) is 0 Å². The normalized spacial score (nSPS) is 10.0. The zero-order valence-electron chi connectivity index (χ0n) is 5.10. The molecule has 2 aromatic heterocycles. The summed E-state index contributed by atoms with van der Waals surface area (Å²) >= 11 is 0. The summed E-state index contributed by atoms with van der Waals surface area (Å²) in [5.74, 6) is 0.769. The summed E-state index contributed by atoms with van der Waals surface area (Å²) < 4.78 is 0. The van der Waals surface area contributed by atoms with Crippen molar-refractivity contribution in [2.24, 2.45) is 0 Å². The highest BCUT2D eigenvalue weighted by molar-refractivity contribution is 5.13. The first kappa shape index (κ1) is 5.16. The SMILES string of the molecule is c1cc(-n2nccn2)[nH]n1. The van der Waals surface area contributed by atoms with E-state index in [1.165, 1.54) is 4.80 Å². The van der Waals surface area contributed by atoms with Crippen LogP contribution in [0.3, 0.4) is 0 Å². The van der Waals surface area contributed by atoms with E-state index in [9.17, 15) is 0 Å². The predicted octanol–water partition coefficient (Wildman–Crippen LogP) is -0.00960. The molecule has 0 spiro atoms. The fraction of sp³-hybridized carbons (Fsp3) is 0. The molecular formula is C5H5N5. The van der Waals surface area contributed by atoms with Crippen molar-refractivity contribution in [3.8, 4) is 5.82 Å². The van der Waals surface area contributed by atoms with E-state index in [1.54, 1.807) is 24.7 Å². The van der Waals surface area contributed by atoms with Crippen molar-refractivity contribution in [3.63, 3.8) is 0 Å². The van der Waals surface area contributed by atoms with Crippen molar-refractivity contribution in [2.45, 2.75) is 0 Å². The molecule has 0 atom stereocenters. The van der Waals surface area contributed by atoms with Crippen molar-refractivity contribution >= 4 is 0 Å². The number of aromatic nitrogens is 5. The molecule has 2 aromatic rings. The number of hydrogen-bond donors (Lipinski definition) is 1. The predicted molar refractivity (Wildman–Crippen MR) is 33.5 cm³/mol. The van der Waals surface area contributed by atoms with Crippen LogP contribution in [0, 0.1) is 0 Å². The van der Waals surface area contributed by atoms with Gasteiger partial charge in [0.25, 0.3) is 0 Å². The summed E-state index contributed by atoms with van der Waals surface area (Å²) in [6.07, 6.45) is 4.88. The van der Waals surface area contributed by atoms with Crippen LogP contribution in [0.4, 0.5) is 0 Å². The van der Waals surface area contributed by atoms with Gasteiger partial charge in [-0.15, -0.1) is 4.80 Å². The second-order valence-electron chi connectivity index (χ2n) is 1.76. The maximum absolute atomic E-state index is 3.89. The molecule has 0 saturated heterocycles. The molecule has 0 aliphatic rings. The molecule has 0 saturated carbocycles. The van der Waals surface area contributed by atoms with Crippen LogP contribution in [0.25, 0.3) is 5.82 Å². The molecule has 1 N–H and O–H groups in total. The molecule has 50 valence electrons. The average molecular weight is 135 g/mol. The van der Waals surface area contributed by atoms with E-state index >= 15 is 0 Å². The van der Waals surface area contributed by atoms with E-state index in [-0.39, 0.29) is 0 Å². The number of aromatic amines is 1. The molecule has 5 nitrogen and oxygen atoms in total. The molecule has 0 fully saturated rings. The lowest BCUT2D eigenvalue weighted by molar-refractivity contribution is 0.725. The number of H-pyrrole nitrogens is 1. The van der Waals surface area contributed by atoms with Crippen LogP contribution in [0.2, 0.25) is 0 Å². The molecule has 0 aliphatic carbocycles. The van der Waals surface area contributed by atoms with Crippen molar-refractivity contribution in [3.05, 3.63) is 24.7 Å². The third kappa shape index (κ3) is 0.680. The summed E-state index contributed by atoms with van der Waals surface area (Å²) in [5.41, 5.74) is 0. The summed E-state index contributed by atoms with van der Waals surface area (Å²) in [7, 11) is 0. The molecule has 0 unspecified atom stereocenters. The molecule has 0 amide bonds. The van der Waals surface area contributed by atoms with Gasteiger partial charge in [-0.3, -0.25) is 5.10 Å². The first-order chi connectivity index (χ1) is 4.97. The van der Waals surface area contributed by atoms with Gasteiger partial charge in [-0.05, 0) is 0 Å².